The average molecular weight is 324 g/mol. The van der Waals surface area contributed by atoms with Crippen molar-refractivity contribution in [2.75, 3.05) is 13.2 Å². The Balaban J connectivity index is 2.13. The Bertz CT molecular complexity index is 564. The van der Waals surface area contributed by atoms with E-state index in [-0.39, 0.29) is 24.6 Å². The van der Waals surface area contributed by atoms with Gasteiger partial charge in [0, 0.05) is 6.54 Å². The Morgan fingerprint density at radius 3 is 2.78 bits per heavy atom. The van der Waals surface area contributed by atoms with E-state index < -0.39 is 5.60 Å². The molecule has 1 saturated heterocycles. The number of nitrogens with zero attached hydrogens (tertiary/aromatic N) is 4. The second kappa shape index (κ2) is 6.97. The summed E-state index contributed by atoms with van der Waals surface area (Å²) in [6.45, 7) is 8.18. The first-order valence-electron chi connectivity index (χ1n) is 7.85. The molecule has 1 fully saturated rings. The van der Waals surface area contributed by atoms with Gasteiger partial charge in [-0.1, -0.05) is 5.21 Å². The molecule has 1 atom stereocenters. The highest BCUT2D eigenvalue weighted by Crippen LogP contribution is 2.32. The highest BCUT2D eigenvalue weighted by molar-refractivity contribution is 5.70. The third-order valence-corrected chi connectivity index (χ3v) is 3.45. The van der Waals surface area contributed by atoms with Crippen LogP contribution in [0.5, 0.6) is 0 Å². The lowest BCUT2D eigenvalue weighted by atomic mass is 10.1. The van der Waals surface area contributed by atoms with Gasteiger partial charge >= 0.3 is 12.1 Å². The molecule has 0 spiro atoms. The van der Waals surface area contributed by atoms with Crippen molar-refractivity contribution < 1.29 is 19.1 Å². The summed E-state index contributed by atoms with van der Waals surface area (Å²) in [4.78, 5) is 25.7. The van der Waals surface area contributed by atoms with Crippen molar-refractivity contribution in [2.24, 2.45) is 0 Å². The first-order chi connectivity index (χ1) is 10.8. The van der Waals surface area contributed by atoms with Gasteiger partial charge in [-0.15, -0.1) is 5.10 Å². The van der Waals surface area contributed by atoms with E-state index in [1.807, 2.05) is 20.8 Å². The molecule has 0 saturated carbocycles. The summed E-state index contributed by atoms with van der Waals surface area (Å²) in [7, 11) is 0. The maximum Gasteiger partial charge on any atom is 0.410 e. The topological polar surface area (TPSA) is 86.6 Å². The fraction of sp³-hybridized carbons (Fsp3) is 0.733. The Morgan fingerprint density at radius 1 is 1.39 bits per heavy atom. The van der Waals surface area contributed by atoms with Crippen LogP contribution in [0.4, 0.5) is 4.79 Å². The zero-order valence-corrected chi connectivity index (χ0v) is 14.1. The molecule has 23 heavy (non-hydrogen) atoms. The van der Waals surface area contributed by atoms with Gasteiger partial charge in [0.05, 0.1) is 24.5 Å². The monoisotopic (exact) mass is 324 g/mol. The standard InChI is InChI=1S/C15H24N4O4/c1-5-22-13(20)10-19-12(9-16-17-19)11-7-6-8-18(11)14(21)23-15(2,3)4/h9,11H,5-8,10H2,1-4H3/t11-/m0/s1. The molecule has 1 aromatic heterocycles. The Morgan fingerprint density at radius 2 is 2.13 bits per heavy atom. The van der Waals surface area contributed by atoms with Crippen LogP contribution in [-0.2, 0) is 20.8 Å². The number of carbonyl (C=O) groups excluding carboxylic acids is 2. The zero-order chi connectivity index (χ0) is 17.0. The molecule has 2 rings (SSSR count). The van der Waals surface area contributed by atoms with E-state index in [2.05, 4.69) is 10.3 Å². The van der Waals surface area contributed by atoms with E-state index in [1.165, 1.54) is 4.68 Å². The maximum absolute atomic E-state index is 12.4. The lowest BCUT2D eigenvalue weighted by molar-refractivity contribution is -0.144. The second-order valence-electron chi connectivity index (χ2n) is 6.45. The van der Waals surface area contributed by atoms with Crippen molar-refractivity contribution in [1.29, 1.82) is 0 Å². The third-order valence-electron chi connectivity index (χ3n) is 3.45. The van der Waals surface area contributed by atoms with E-state index in [4.69, 9.17) is 9.47 Å². The highest BCUT2D eigenvalue weighted by Gasteiger charge is 2.35. The van der Waals surface area contributed by atoms with Crippen molar-refractivity contribution in [3.8, 4) is 0 Å². The number of aromatic nitrogens is 3. The van der Waals surface area contributed by atoms with Crippen LogP contribution in [-0.4, -0.2) is 50.7 Å². The van der Waals surface area contributed by atoms with Crippen LogP contribution in [0.15, 0.2) is 6.20 Å². The molecule has 0 aliphatic carbocycles. The summed E-state index contributed by atoms with van der Waals surface area (Å²) in [6, 6.07) is -0.186. The fourth-order valence-corrected chi connectivity index (χ4v) is 2.59. The number of hydrogen-bond acceptors (Lipinski definition) is 6. The third kappa shape index (κ3) is 4.43. The summed E-state index contributed by atoms with van der Waals surface area (Å²) < 4.78 is 11.9. The number of carbonyl (C=O) groups is 2. The fourth-order valence-electron chi connectivity index (χ4n) is 2.59. The van der Waals surface area contributed by atoms with Crippen LogP contribution >= 0.6 is 0 Å². The van der Waals surface area contributed by atoms with Gasteiger partial charge in [-0.25, -0.2) is 9.48 Å². The predicted octanol–water partition coefficient (Wildman–Crippen LogP) is 1.91. The second-order valence-corrected chi connectivity index (χ2v) is 6.45. The molecule has 0 radical (unpaired) electrons. The molecule has 1 amide bonds. The van der Waals surface area contributed by atoms with Gasteiger partial charge in [-0.3, -0.25) is 9.69 Å². The Kier molecular flexibility index (Phi) is 5.23. The van der Waals surface area contributed by atoms with Gasteiger partial charge in [0.25, 0.3) is 0 Å². The minimum Gasteiger partial charge on any atom is -0.465 e. The van der Waals surface area contributed by atoms with E-state index in [0.29, 0.717) is 13.2 Å². The van der Waals surface area contributed by atoms with E-state index in [9.17, 15) is 9.59 Å². The van der Waals surface area contributed by atoms with Crippen molar-refractivity contribution in [3.05, 3.63) is 11.9 Å². The maximum atomic E-state index is 12.4. The van der Waals surface area contributed by atoms with Gasteiger partial charge in [-0.05, 0) is 40.5 Å². The van der Waals surface area contributed by atoms with E-state index in [1.54, 1.807) is 18.0 Å². The zero-order valence-electron chi connectivity index (χ0n) is 14.1. The lowest BCUT2D eigenvalue weighted by Crippen LogP contribution is -2.37. The largest absolute Gasteiger partial charge is 0.465 e. The van der Waals surface area contributed by atoms with Gasteiger partial charge < -0.3 is 9.47 Å². The normalized spacial score (nSPS) is 18.1. The average Bonchev–Trinajstić information content (AvgIpc) is 3.04. The smallest absolute Gasteiger partial charge is 0.410 e. The van der Waals surface area contributed by atoms with Crippen molar-refractivity contribution in [1.82, 2.24) is 19.9 Å². The highest BCUT2D eigenvalue weighted by atomic mass is 16.6. The molecule has 8 heteroatoms. The molecule has 0 unspecified atom stereocenters. The molecular formula is C15H24N4O4. The lowest BCUT2D eigenvalue weighted by Gasteiger charge is -2.28. The molecule has 1 aliphatic heterocycles. The quantitative estimate of drug-likeness (QED) is 0.786. The van der Waals surface area contributed by atoms with Crippen LogP contribution in [0, 0.1) is 0 Å². The van der Waals surface area contributed by atoms with Crippen molar-refractivity contribution in [2.45, 2.75) is 58.7 Å². The summed E-state index contributed by atoms with van der Waals surface area (Å²) in [6.07, 6.45) is 2.89. The molecule has 8 nitrogen and oxygen atoms in total. The first-order valence-corrected chi connectivity index (χ1v) is 7.85. The minimum absolute atomic E-state index is 0.0121. The molecule has 0 aromatic carbocycles. The van der Waals surface area contributed by atoms with Crippen LogP contribution in [0.3, 0.4) is 0 Å². The number of rotatable bonds is 4. The minimum atomic E-state index is -0.548. The molecule has 0 N–H and O–H groups in total. The van der Waals surface area contributed by atoms with Crippen molar-refractivity contribution >= 4 is 12.1 Å². The van der Waals surface area contributed by atoms with Crippen LogP contribution in [0.1, 0.15) is 52.3 Å². The SMILES string of the molecule is CCOC(=O)Cn1nncc1[C@@H]1CCCN1C(=O)OC(C)(C)C. The van der Waals surface area contributed by atoms with Gasteiger partial charge in [0.1, 0.15) is 12.1 Å². The Labute approximate surface area is 135 Å². The first kappa shape index (κ1) is 17.2. The van der Waals surface area contributed by atoms with Crippen molar-refractivity contribution in [3.63, 3.8) is 0 Å². The molecule has 0 bridgehead atoms. The number of likely N-dealkylation sites (tertiary alicyclic amines) is 1. The van der Waals surface area contributed by atoms with E-state index >= 15 is 0 Å². The summed E-state index contributed by atoms with van der Waals surface area (Å²) in [5.41, 5.74) is 0.176. The van der Waals surface area contributed by atoms with Crippen LogP contribution in [0.2, 0.25) is 0 Å². The van der Waals surface area contributed by atoms with Crippen LogP contribution < -0.4 is 0 Å². The number of hydrogen-bond donors (Lipinski definition) is 0. The molecule has 128 valence electrons. The molecule has 2 heterocycles. The number of amides is 1. The molecular weight excluding hydrogens is 300 g/mol. The molecule has 1 aliphatic rings. The number of ether oxygens (including phenoxy) is 2. The van der Waals surface area contributed by atoms with Crippen LogP contribution in [0.25, 0.3) is 0 Å². The number of esters is 1. The summed E-state index contributed by atoms with van der Waals surface area (Å²) in [5, 5.41) is 7.81. The van der Waals surface area contributed by atoms with E-state index in [0.717, 1.165) is 18.5 Å². The summed E-state index contributed by atoms with van der Waals surface area (Å²) >= 11 is 0. The van der Waals surface area contributed by atoms with Gasteiger partial charge in [0.2, 0.25) is 0 Å². The van der Waals surface area contributed by atoms with Gasteiger partial charge in [0.15, 0.2) is 0 Å². The predicted molar refractivity (Wildman–Crippen MR) is 81.6 cm³/mol. The summed E-state index contributed by atoms with van der Waals surface area (Å²) in [5.74, 6) is -0.374. The molecule has 1 aromatic rings. The van der Waals surface area contributed by atoms with Gasteiger partial charge in [-0.2, -0.15) is 0 Å². The Hall–Kier alpha value is -2.12.